The van der Waals surface area contributed by atoms with E-state index in [0.717, 1.165) is 0 Å². The first-order valence-corrected chi connectivity index (χ1v) is 2.79. The average molecular weight is 140 g/mol. The van der Waals surface area contributed by atoms with Crippen LogP contribution in [0.3, 0.4) is 0 Å². The predicted octanol–water partition coefficient (Wildman–Crippen LogP) is 1.27. The van der Waals surface area contributed by atoms with E-state index in [9.17, 15) is 4.39 Å². The summed E-state index contributed by atoms with van der Waals surface area (Å²) in [4.78, 5) is 0. The van der Waals surface area contributed by atoms with E-state index in [4.69, 9.17) is 19.4 Å². The van der Waals surface area contributed by atoms with E-state index in [-0.39, 0.29) is 10.5 Å². The average Bonchev–Trinajstić information content (AvgIpc) is 1.83. The molecular weight excluding hydrogens is 137 g/mol. The highest BCUT2D eigenvalue weighted by Crippen LogP contribution is 2.04. The van der Waals surface area contributed by atoms with Gasteiger partial charge in [-0.05, 0) is 17.6 Å². The summed E-state index contributed by atoms with van der Waals surface area (Å²) >= 11 is 5.45. The summed E-state index contributed by atoms with van der Waals surface area (Å²) in [6.45, 7) is 0. The minimum atomic E-state index is -0.470. The molecule has 1 rings (SSSR count). The largest absolute Gasteiger partial charge is 0.208 e. The van der Waals surface area contributed by atoms with E-state index in [1.165, 1.54) is 12.1 Å². The summed E-state index contributed by atoms with van der Waals surface area (Å²) in [5.41, 5.74) is 0.0131. The van der Waals surface area contributed by atoms with Gasteiger partial charge in [-0.3, -0.25) is 0 Å². The fourth-order valence-corrected chi connectivity index (χ4v) is 0.674. The van der Waals surface area contributed by atoms with Gasteiger partial charge in [0, 0.05) is 5.02 Å². The summed E-state index contributed by atoms with van der Waals surface area (Å²) in [6.07, 6.45) is 0. The molecule has 0 amide bonds. The predicted molar refractivity (Wildman–Crippen MR) is 36.8 cm³/mol. The van der Waals surface area contributed by atoms with Crippen molar-refractivity contribution in [2.75, 3.05) is 0 Å². The van der Waals surface area contributed by atoms with Gasteiger partial charge in [0.15, 0.2) is 0 Å². The molecule has 1 aromatic rings. The van der Waals surface area contributed by atoms with Gasteiger partial charge in [-0.1, -0.05) is 17.7 Å². The number of halogens is 2. The molecule has 0 saturated carbocycles. The second-order valence-corrected chi connectivity index (χ2v) is 2.04. The Labute approximate surface area is 59.1 Å². The third kappa shape index (κ3) is 1.25. The topological polar surface area (TPSA) is 0 Å². The van der Waals surface area contributed by atoms with Crippen molar-refractivity contribution in [1.82, 2.24) is 0 Å². The molecule has 0 heterocycles. The molecule has 0 aliphatic heterocycles. The Hall–Kier alpha value is -0.495. The molecule has 0 aliphatic rings. The number of hydrogen-bond acceptors (Lipinski definition) is 0. The third-order valence-electron chi connectivity index (χ3n) is 1.000. The van der Waals surface area contributed by atoms with Crippen LogP contribution in [-0.2, 0) is 0 Å². The molecule has 0 aromatic heterocycles. The molecule has 2 radical (unpaired) electrons. The maximum atomic E-state index is 12.4. The summed E-state index contributed by atoms with van der Waals surface area (Å²) in [5.74, 6) is -0.470. The normalized spacial score (nSPS) is 9.56. The Morgan fingerprint density at radius 2 is 2.11 bits per heavy atom. The Bertz CT molecular complexity index is 204. The molecule has 0 atom stereocenters. The standard InChI is InChI=1S/C6H3BClF/c7-6-4(8)2-1-3-5(6)9/h1-3H. The lowest BCUT2D eigenvalue weighted by atomic mass is 9.96. The van der Waals surface area contributed by atoms with Crippen LogP contribution in [0.15, 0.2) is 18.2 Å². The van der Waals surface area contributed by atoms with Gasteiger partial charge < -0.3 is 0 Å². The molecule has 0 nitrogen and oxygen atoms in total. The van der Waals surface area contributed by atoms with Crippen LogP contribution in [0.5, 0.6) is 0 Å². The van der Waals surface area contributed by atoms with Gasteiger partial charge in [-0.15, -0.1) is 0 Å². The molecule has 3 heteroatoms. The highest BCUT2D eigenvalue weighted by Gasteiger charge is 1.97. The minimum absolute atomic E-state index is 0.0131. The van der Waals surface area contributed by atoms with Crippen molar-refractivity contribution in [3.63, 3.8) is 0 Å². The zero-order chi connectivity index (χ0) is 6.85. The molecule has 0 bridgehead atoms. The molecular formula is C6H3BClF. The molecule has 0 fully saturated rings. The van der Waals surface area contributed by atoms with Crippen LogP contribution in [-0.4, -0.2) is 7.85 Å². The van der Waals surface area contributed by atoms with E-state index in [0.29, 0.717) is 0 Å². The molecule has 9 heavy (non-hydrogen) atoms. The van der Waals surface area contributed by atoms with Crippen LogP contribution in [0.2, 0.25) is 5.02 Å². The smallest absolute Gasteiger partial charge is 0.120 e. The van der Waals surface area contributed by atoms with Crippen LogP contribution in [0.1, 0.15) is 0 Å². The molecule has 0 N–H and O–H groups in total. The van der Waals surface area contributed by atoms with Gasteiger partial charge in [-0.25, -0.2) is 4.39 Å². The Balaban J connectivity index is 3.25. The summed E-state index contributed by atoms with van der Waals surface area (Å²) in [5, 5.41) is 0.259. The first kappa shape index (κ1) is 6.62. The summed E-state index contributed by atoms with van der Waals surface area (Å²) < 4.78 is 12.4. The zero-order valence-electron chi connectivity index (χ0n) is 4.57. The van der Waals surface area contributed by atoms with E-state index in [1.807, 2.05) is 0 Å². The van der Waals surface area contributed by atoms with Gasteiger partial charge in [-0.2, -0.15) is 0 Å². The molecule has 0 spiro atoms. The SMILES string of the molecule is [B]c1c(F)cccc1Cl. The number of hydrogen-bond donors (Lipinski definition) is 0. The van der Waals surface area contributed by atoms with E-state index < -0.39 is 5.82 Å². The molecule has 1 aromatic carbocycles. The maximum absolute atomic E-state index is 12.4. The lowest BCUT2D eigenvalue weighted by molar-refractivity contribution is 0.636. The molecule has 0 aliphatic carbocycles. The maximum Gasteiger partial charge on any atom is 0.120 e. The van der Waals surface area contributed by atoms with E-state index >= 15 is 0 Å². The Morgan fingerprint density at radius 1 is 1.44 bits per heavy atom. The zero-order valence-corrected chi connectivity index (χ0v) is 5.32. The lowest BCUT2D eigenvalue weighted by Crippen LogP contribution is -2.08. The third-order valence-corrected chi connectivity index (χ3v) is 1.33. The van der Waals surface area contributed by atoms with Gasteiger partial charge in [0.1, 0.15) is 13.7 Å². The first-order chi connectivity index (χ1) is 4.22. The van der Waals surface area contributed by atoms with Crippen LogP contribution in [0.4, 0.5) is 4.39 Å². The summed E-state index contributed by atoms with van der Waals surface area (Å²) in [7, 11) is 5.17. The van der Waals surface area contributed by atoms with Crippen LogP contribution in [0, 0.1) is 5.82 Å². The molecule has 44 valence electrons. The van der Waals surface area contributed by atoms with E-state index in [1.54, 1.807) is 6.07 Å². The van der Waals surface area contributed by atoms with Crippen molar-refractivity contribution in [3.8, 4) is 0 Å². The van der Waals surface area contributed by atoms with E-state index in [2.05, 4.69) is 0 Å². The van der Waals surface area contributed by atoms with Gasteiger partial charge in [0.05, 0.1) is 0 Å². The second kappa shape index (κ2) is 2.40. The van der Waals surface area contributed by atoms with Crippen molar-refractivity contribution in [1.29, 1.82) is 0 Å². The fourth-order valence-electron chi connectivity index (χ4n) is 0.511. The first-order valence-electron chi connectivity index (χ1n) is 2.41. The monoisotopic (exact) mass is 140 g/mol. The summed E-state index contributed by atoms with van der Waals surface area (Å²) in [6, 6.07) is 4.31. The molecule has 0 saturated heterocycles. The van der Waals surface area contributed by atoms with Crippen LogP contribution >= 0.6 is 11.6 Å². The minimum Gasteiger partial charge on any atom is -0.208 e. The van der Waals surface area contributed by atoms with Crippen LogP contribution in [0.25, 0.3) is 0 Å². The highest BCUT2D eigenvalue weighted by atomic mass is 35.5. The van der Waals surface area contributed by atoms with Crippen molar-refractivity contribution >= 4 is 24.9 Å². The quantitative estimate of drug-likeness (QED) is 0.476. The second-order valence-electron chi connectivity index (χ2n) is 1.64. The fraction of sp³-hybridized carbons (Fsp3) is 0. The van der Waals surface area contributed by atoms with Crippen molar-refractivity contribution < 1.29 is 4.39 Å². The van der Waals surface area contributed by atoms with Crippen molar-refractivity contribution in [2.45, 2.75) is 0 Å². The lowest BCUT2D eigenvalue weighted by Gasteiger charge is -1.95. The van der Waals surface area contributed by atoms with Gasteiger partial charge in [0.25, 0.3) is 0 Å². The van der Waals surface area contributed by atoms with Crippen molar-refractivity contribution in [3.05, 3.63) is 29.0 Å². The molecule has 0 unspecified atom stereocenters. The number of rotatable bonds is 0. The Kier molecular flexibility index (Phi) is 1.77. The van der Waals surface area contributed by atoms with Gasteiger partial charge in [0.2, 0.25) is 0 Å². The van der Waals surface area contributed by atoms with Crippen LogP contribution < -0.4 is 5.46 Å². The number of benzene rings is 1. The Morgan fingerprint density at radius 3 is 2.56 bits per heavy atom. The highest BCUT2D eigenvalue weighted by molar-refractivity contribution is 6.45. The van der Waals surface area contributed by atoms with Crippen molar-refractivity contribution in [2.24, 2.45) is 0 Å². The van der Waals surface area contributed by atoms with Gasteiger partial charge >= 0.3 is 0 Å².